The van der Waals surface area contributed by atoms with Gasteiger partial charge in [-0.1, -0.05) is 38.1 Å². The van der Waals surface area contributed by atoms with Crippen LogP contribution in [0, 0.1) is 5.92 Å². The largest absolute Gasteiger partial charge is 0.126 e. The zero-order valence-electron chi connectivity index (χ0n) is 9.54. The fourth-order valence-electron chi connectivity index (χ4n) is 2.11. The standard InChI is InChI=1S/C14H19Cl/c1-10(2)11-3-5-12(6-4-11)14(9-15)13-7-8-13/h3-6,10,13-14H,7-9H2,1-2H3. The maximum Gasteiger partial charge on any atom is 0.0294 e. The summed E-state index contributed by atoms with van der Waals surface area (Å²) in [5.41, 5.74) is 2.85. The minimum absolute atomic E-state index is 0.591. The third-order valence-corrected chi connectivity index (χ3v) is 3.72. The molecule has 15 heavy (non-hydrogen) atoms. The molecule has 82 valence electrons. The van der Waals surface area contributed by atoms with Crippen LogP contribution >= 0.6 is 11.6 Å². The average molecular weight is 223 g/mol. The van der Waals surface area contributed by atoms with Gasteiger partial charge in [-0.15, -0.1) is 11.6 Å². The molecule has 1 unspecified atom stereocenters. The molecule has 0 aromatic heterocycles. The average Bonchev–Trinajstić information content (AvgIpc) is 3.04. The third kappa shape index (κ3) is 2.55. The Kier molecular flexibility index (Phi) is 3.35. The van der Waals surface area contributed by atoms with Crippen molar-refractivity contribution >= 4 is 11.6 Å². The number of hydrogen-bond acceptors (Lipinski definition) is 0. The highest BCUT2D eigenvalue weighted by Gasteiger charge is 2.31. The third-order valence-electron chi connectivity index (χ3n) is 3.39. The Morgan fingerprint density at radius 1 is 1.13 bits per heavy atom. The van der Waals surface area contributed by atoms with Gasteiger partial charge in [0, 0.05) is 11.8 Å². The Bertz CT molecular complexity index is 309. The highest BCUT2D eigenvalue weighted by molar-refractivity contribution is 6.18. The van der Waals surface area contributed by atoms with Crippen molar-refractivity contribution in [3.8, 4) is 0 Å². The quantitative estimate of drug-likeness (QED) is 0.656. The number of halogens is 1. The lowest BCUT2D eigenvalue weighted by molar-refractivity contribution is 0.669. The Hall–Kier alpha value is -0.490. The van der Waals surface area contributed by atoms with Gasteiger partial charge in [0.05, 0.1) is 0 Å². The molecule has 1 atom stereocenters. The fourth-order valence-corrected chi connectivity index (χ4v) is 2.54. The molecule has 0 aliphatic heterocycles. The van der Waals surface area contributed by atoms with E-state index in [9.17, 15) is 0 Å². The topological polar surface area (TPSA) is 0 Å². The number of hydrogen-bond donors (Lipinski definition) is 0. The fraction of sp³-hybridized carbons (Fsp3) is 0.571. The molecule has 1 aromatic rings. The Balaban J connectivity index is 2.14. The van der Waals surface area contributed by atoms with E-state index in [1.807, 2.05) is 0 Å². The summed E-state index contributed by atoms with van der Waals surface area (Å²) in [5, 5.41) is 0. The molecule has 0 spiro atoms. The summed E-state index contributed by atoms with van der Waals surface area (Å²) >= 11 is 6.04. The van der Waals surface area contributed by atoms with Crippen LogP contribution in [-0.4, -0.2) is 5.88 Å². The lowest BCUT2D eigenvalue weighted by atomic mass is 9.93. The van der Waals surface area contributed by atoms with Crippen LogP contribution in [0.4, 0.5) is 0 Å². The van der Waals surface area contributed by atoms with Crippen LogP contribution in [0.2, 0.25) is 0 Å². The summed E-state index contributed by atoms with van der Waals surface area (Å²) in [4.78, 5) is 0. The molecule has 0 saturated heterocycles. The van der Waals surface area contributed by atoms with Crippen molar-refractivity contribution in [3.63, 3.8) is 0 Å². The highest BCUT2D eigenvalue weighted by Crippen LogP contribution is 2.43. The lowest BCUT2D eigenvalue weighted by Crippen LogP contribution is -2.03. The molecule has 2 rings (SSSR count). The lowest BCUT2D eigenvalue weighted by Gasteiger charge is -2.14. The number of benzene rings is 1. The Labute approximate surface area is 97.6 Å². The molecule has 1 aliphatic carbocycles. The predicted molar refractivity (Wildman–Crippen MR) is 66.7 cm³/mol. The first-order valence-corrected chi connectivity index (χ1v) is 6.41. The summed E-state index contributed by atoms with van der Waals surface area (Å²) in [6.45, 7) is 4.46. The second-order valence-corrected chi connectivity index (χ2v) is 5.23. The van der Waals surface area contributed by atoms with Crippen LogP contribution in [0.3, 0.4) is 0 Å². The maximum absolute atomic E-state index is 6.04. The molecular weight excluding hydrogens is 204 g/mol. The molecule has 0 nitrogen and oxygen atoms in total. The maximum atomic E-state index is 6.04. The molecule has 0 N–H and O–H groups in total. The Morgan fingerprint density at radius 3 is 2.07 bits per heavy atom. The van der Waals surface area contributed by atoms with E-state index in [4.69, 9.17) is 11.6 Å². The minimum atomic E-state index is 0.591. The molecule has 0 heterocycles. The number of alkyl halides is 1. The van der Waals surface area contributed by atoms with Gasteiger partial charge in [0.2, 0.25) is 0 Å². The zero-order chi connectivity index (χ0) is 10.8. The molecule has 1 saturated carbocycles. The van der Waals surface area contributed by atoms with Crippen molar-refractivity contribution in [2.75, 3.05) is 5.88 Å². The van der Waals surface area contributed by atoms with Gasteiger partial charge < -0.3 is 0 Å². The van der Waals surface area contributed by atoms with Crippen LogP contribution < -0.4 is 0 Å². The van der Waals surface area contributed by atoms with Crippen molar-refractivity contribution in [2.24, 2.45) is 5.92 Å². The van der Waals surface area contributed by atoms with Gasteiger partial charge in [0.25, 0.3) is 0 Å². The van der Waals surface area contributed by atoms with E-state index < -0.39 is 0 Å². The molecule has 1 aliphatic rings. The highest BCUT2D eigenvalue weighted by atomic mass is 35.5. The van der Waals surface area contributed by atoms with Gasteiger partial charge in [-0.2, -0.15) is 0 Å². The monoisotopic (exact) mass is 222 g/mol. The molecule has 0 radical (unpaired) electrons. The van der Waals surface area contributed by atoms with Gasteiger partial charge >= 0.3 is 0 Å². The van der Waals surface area contributed by atoms with E-state index in [0.717, 1.165) is 11.8 Å². The smallest absolute Gasteiger partial charge is 0.0294 e. The molecular formula is C14H19Cl. The van der Waals surface area contributed by atoms with Gasteiger partial charge in [-0.05, 0) is 35.8 Å². The van der Waals surface area contributed by atoms with E-state index in [0.29, 0.717) is 11.8 Å². The van der Waals surface area contributed by atoms with Gasteiger partial charge in [-0.3, -0.25) is 0 Å². The molecule has 1 heteroatoms. The van der Waals surface area contributed by atoms with Crippen molar-refractivity contribution in [2.45, 2.75) is 38.5 Å². The normalized spacial score (nSPS) is 18.1. The first kappa shape index (κ1) is 11.0. The van der Waals surface area contributed by atoms with Crippen LogP contribution in [0.1, 0.15) is 49.7 Å². The summed E-state index contributed by atoms with van der Waals surface area (Å²) < 4.78 is 0. The summed E-state index contributed by atoms with van der Waals surface area (Å²) in [6, 6.07) is 9.03. The van der Waals surface area contributed by atoms with E-state index >= 15 is 0 Å². The van der Waals surface area contributed by atoms with E-state index in [2.05, 4.69) is 38.1 Å². The zero-order valence-corrected chi connectivity index (χ0v) is 10.3. The first-order chi connectivity index (χ1) is 7.22. The van der Waals surface area contributed by atoms with E-state index in [-0.39, 0.29) is 0 Å². The van der Waals surface area contributed by atoms with Crippen LogP contribution in [0.5, 0.6) is 0 Å². The second kappa shape index (κ2) is 4.57. The van der Waals surface area contributed by atoms with Gasteiger partial charge in [-0.25, -0.2) is 0 Å². The SMILES string of the molecule is CC(C)c1ccc(C(CCl)C2CC2)cc1. The first-order valence-electron chi connectivity index (χ1n) is 5.88. The molecule has 0 bridgehead atoms. The molecule has 1 fully saturated rings. The molecule has 1 aromatic carbocycles. The molecule has 0 amide bonds. The Morgan fingerprint density at radius 2 is 1.67 bits per heavy atom. The van der Waals surface area contributed by atoms with Crippen molar-refractivity contribution in [3.05, 3.63) is 35.4 Å². The van der Waals surface area contributed by atoms with Crippen LogP contribution in [-0.2, 0) is 0 Å². The van der Waals surface area contributed by atoms with Gasteiger partial charge in [0.1, 0.15) is 0 Å². The van der Waals surface area contributed by atoms with Crippen LogP contribution in [0.15, 0.2) is 24.3 Å². The van der Waals surface area contributed by atoms with Gasteiger partial charge in [0.15, 0.2) is 0 Å². The van der Waals surface area contributed by atoms with E-state index in [1.165, 1.54) is 24.0 Å². The van der Waals surface area contributed by atoms with Crippen molar-refractivity contribution in [1.29, 1.82) is 0 Å². The second-order valence-electron chi connectivity index (χ2n) is 4.92. The summed E-state index contributed by atoms with van der Waals surface area (Å²) in [6.07, 6.45) is 2.73. The predicted octanol–water partition coefficient (Wildman–Crippen LogP) is 4.54. The van der Waals surface area contributed by atoms with Crippen LogP contribution in [0.25, 0.3) is 0 Å². The van der Waals surface area contributed by atoms with E-state index in [1.54, 1.807) is 0 Å². The minimum Gasteiger partial charge on any atom is -0.126 e. The summed E-state index contributed by atoms with van der Waals surface area (Å²) in [7, 11) is 0. The summed E-state index contributed by atoms with van der Waals surface area (Å²) in [5.74, 6) is 2.83. The van der Waals surface area contributed by atoms with Crippen molar-refractivity contribution < 1.29 is 0 Å². The van der Waals surface area contributed by atoms with Crippen molar-refractivity contribution in [1.82, 2.24) is 0 Å². The number of rotatable bonds is 4.